The fourth-order valence-electron chi connectivity index (χ4n) is 2.05. The largest absolute Gasteiger partial charge is 0.573 e. The lowest BCUT2D eigenvalue weighted by molar-refractivity contribution is -0.274. The molecular weight excluding hydrogens is 295 g/mol. The van der Waals surface area contributed by atoms with Crippen molar-refractivity contribution in [1.29, 1.82) is 5.26 Å². The minimum atomic E-state index is -4.73. The SMILES string of the molecule is COc1ccc(-c2cccc(OC(F)(F)F)c2)cc1CC#N. The molecule has 22 heavy (non-hydrogen) atoms. The predicted octanol–water partition coefficient (Wildman–Crippen LogP) is 4.33. The number of rotatable bonds is 4. The predicted molar refractivity (Wildman–Crippen MR) is 74.4 cm³/mol. The molecule has 0 spiro atoms. The molecule has 0 radical (unpaired) electrons. The highest BCUT2D eigenvalue weighted by Crippen LogP contribution is 2.30. The van der Waals surface area contributed by atoms with Crippen LogP contribution in [0.5, 0.6) is 11.5 Å². The van der Waals surface area contributed by atoms with Crippen molar-refractivity contribution in [3.05, 3.63) is 48.0 Å². The zero-order valence-corrected chi connectivity index (χ0v) is 11.6. The number of nitrogens with zero attached hydrogens (tertiary/aromatic N) is 1. The van der Waals surface area contributed by atoms with Crippen LogP contribution in [-0.4, -0.2) is 13.5 Å². The van der Waals surface area contributed by atoms with Crippen molar-refractivity contribution < 1.29 is 22.6 Å². The lowest BCUT2D eigenvalue weighted by Gasteiger charge is -2.11. The molecule has 2 aromatic carbocycles. The number of ether oxygens (including phenoxy) is 2. The van der Waals surface area contributed by atoms with Crippen molar-refractivity contribution in [1.82, 2.24) is 0 Å². The van der Waals surface area contributed by atoms with Gasteiger partial charge in [0.1, 0.15) is 11.5 Å². The molecule has 0 aliphatic heterocycles. The van der Waals surface area contributed by atoms with Gasteiger partial charge in [0.2, 0.25) is 0 Å². The van der Waals surface area contributed by atoms with Crippen LogP contribution in [0.25, 0.3) is 11.1 Å². The molecule has 0 atom stereocenters. The minimum absolute atomic E-state index is 0.149. The van der Waals surface area contributed by atoms with Gasteiger partial charge in [0, 0.05) is 5.56 Å². The highest BCUT2D eigenvalue weighted by atomic mass is 19.4. The molecule has 0 bridgehead atoms. The molecule has 0 amide bonds. The fraction of sp³-hybridized carbons (Fsp3) is 0.188. The van der Waals surface area contributed by atoms with Crippen LogP contribution in [0.2, 0.25) is 0 Å². The summed E-state index contributed by atoms with van der Waals surface area (Å²) < 4.78 is 45.9. The van der Waals surface area contributed by atoms with E-state index in [1.807, 2.05) is 6.07 Å². The molecule has 0 heterocycles. The lowest BCUT2D eigenvalue weighted by atomic mass is 10.0. The van der Waals surface area contributed by atoms with Gasteiger partial charge in [0.25, 0.3) is 0 Å². The summed E-state index contributed by atoms with van der Waals surface area (Å²) in [5.41, 5.74) is 1.91. The number of alkyl halides is 3. The van der Waals surface area contributed by atoms with Gasteiger partial charge in [-0.15, -0.1) is 13.2 Å². The molecule has 0 unspecified atom stereocenters. The van der Waals surface area contributed by atoms with Crippen molar-refractivity contribution in [3.8, 4) is 28.7 Å². The van der Waals surface area contributed by atoms with Crippen LogP contribution in [0.15, 0.2) is 42.5 Å². The Bertz CT molecular complexity index is 705. The van der Waals surface area contributed by atoms with E-state index in [0.717, 1.165) is 0 Å². The van der Waals surface area contributed by atoms with Crippen molar-refractivity contribution in [2.75, 3.05) is 7.11 Å². The summed E-state index contributed by atoms with van der Waals surface area (Å²) in [5.74, 6) is 0.274. The molecule has 0 aromatic heterocycles. The molecule has 6 heteroatoms. The Kier molecular flexibility index (Phi) is 4.56. The van der Waals surface area contributed by atoms with Gasteiger partial charge in [0.15, 0.2) is 0 Å². The molecule has 0 aliphatic rings. The molecule has 0 saturated carbocycles. The lowest BCUT2D eigenvalue weighted by Crippen LogP contribution is -2.17. The standard InChI is InChI=1S/C16H12F3NO2/c1-21-15-6-5-12(9-13(15)7-8-20)11-3-2-4-14(10-11)22-16(17,18)19/h2-6,9-10H,7H2,1H3. The number of hydrogen-bond acceptors (Lipinski definition) is 3. The van der Waals surface area contributed by atoms with E-state index in [4.69, 9.17) is 10.00 Å². The smallest absolute Gasteiger partial charge is 0.496 e. The second kappa shape index (κ2) is 6.39. The molecule has 114 valence electrons. The maximum absolute atomic E-state index is 12.3. The van der Waals surface area contributed by atoms with Gasteiger partial charge in [-0.25, -0.2) is 0 Å². The van der Waals surface area contributed by atoms with Crippen LogP contribution >= 0.6 is 0 Å². The monoisotopic (exact) mass is 307 g/mol. The summed E-state index contributed by atoms with van der Waals surface area (Å²) in [6, 6.07) is 12.8. The van der Waals surface area contributed by atoms with E-state index in [0.29, 0.717) is 22.4 Å². The fourth-order valence-corrected chi connectivity index (χ4v) is 2.05. The van der Waals surface area contributed by atoms with Gasteiger partial charge >= 0.3 is 6.36 Å². The van der Waals surface area contributed by atoms with Crippen LogP contribution in [0.4, 0.5) is 13.2 Å². The zero-order valence-electron chi connectivity index (χ0n) is 11.6. The van der Waals surface area contributed by atoms with E-state index in [9.17, 15) is 13.2 Å². The number of halogens is 3. The zero-order chi connectivity index (χ0) is 16.2. The van der Waals surface area contributed by atoms with Crippen LogP contribution in [0, 0.1) is 11.3 Å². The second-order valence-corrected chi connectivity index (χ2v) is 4.44. The maximum Gasteiger partial charge on any atom is 0.573 e. The summed E-state index contributed by atoms with van der Waals surface area (Å²) in [6.45, 7) is 0. The van der Waals surface area contributed by atoms with Crippen LogP contribution in [0.1, 0.15) is 5.56 Å². The number of benzene rings is 2. The van der Waals surface area contributed by atoms with Gasteiger partial charge in [0.05, 0.1) is 19.6 Å². The van der Waals surface area contributed by atoms with E-state index >= 15 is 0 Å². The molecule has 2 aromatic rings. The Morgan fingerprint density at radius 3 is 2.45 bits per heavy atom. The second-order valence-electron chi connectivity index (χ2n) is 4.44. The summed E-state index contributed by atoms with van der Waals surface area (Å²) in [5, 5.41) is 8.82. The van der Waals surface area contributed by atoms with Crippen LogP contribution in [-0.2, 0) is 6.42 Å². The summed E-state index contributed by atoms with van der Waals surface area (Å²) in [6.07, 6.45) is -4.58. The Balaban J connectivity index is 2.38. The van der Waals surface area contributed by atoms with E-state index in [-0.39, 0.29) is 12.2 Å². The van der Waals surface area contributed by atoms with Crippen molar-refractivity contribution in [2.24, 2.45) is 0 Å². The highest BCUT2D eigenvalue weighted by Gasteiger charge is 2.31. The average molecular weight is 307 g/mol. The Hall–Kier alpha value is -2.68. The molecule has 2 rings (SSSR count). The van der Waals surface area contributed by atoms with Gasteiger partial charge < -0.3 is 9.47 Å². The third-order valence-corrected chi connectivity index (χ3v) is 2.95. The Morgan fingerprint density at radius 1 is 1.09 bits per heavy atom. The van der Waals surface area contributed by atoms with Crippen molar-refractivity contribution in [3.63, 3.8) is 0 Å². The summed E-state index contributed by atoms with van der Waals surface area (Å²) >= 11 is 0. The summed E-state index contributed by atoms with van der Waals surface area (Å²) in [7, 11) is 1.49. The van der Waals surface area contributed by atoms with E-state index in [1.54, 1.807) is 24.3 Å². The van der Waals surface area contributed by atoms with Gasteiger partial charge in [-0.3, -0.25) is 0 Å². The number of nitriles is 1. The number of methoxy groups -OCH3 is 1. The quantitative estimate of drug-likeness (QED) is 0.844. The Labute approximate surface area is 125 Å². The van der Waals surface area contributed by atoms with Crippen LogP contribution in [0.3, 0.4) is 0 Å². The molecule has 0 aliphatic carbocycles. The van der Waals surface area contributed by atoms with Crippen molar-refractivity contribution in [2.45, 2.75) is 12.8 Å². The summed E-state index contributed by atoms with van der Waals surface area (Å²) in [4.78, 5) is 0. The topological polar surface area (TPSA) is 42.2 Å². The van der Waals surface area contributed by atoms with Gasteiger partial charge in [-0.2, -0.15) is 5.26 Å². The highest BCUT2D eigenvalue weighted by molar-refractivity contribution is 5.67. The van der Waals surface area contributed by atoms with Gasteiger partial charge in [-0.05, 0) is 35.4 Å². The molecule has 0 N–H and O–H groups in total. The first kappa shape index (κ1) is 15.7. The van der Waals surface area contributed by atoms with Gasteiger partial charge in [-0.1, -0.05) is 18.2 Å². The molecule has 3 nitrogen and oxygen atoms in total. The van der Waals surface area contributed by atoms with E-state index in [2.05, 4.69) is 4.74 Å². The third-order valence-electron chi connectivity index (χ3n) is 2.95. The first-order valence-corrected chi connectivity index (χ1v) is 6.33. The molecule has 0 fully saturated rings. The number of hydrogen-bond donors (Lipinski definition) is 0. The van der Waals surface area contributed by atoms with Crippen molar-refractivity contribution >= 4 is 0 Å². The third kappa shape index (κ3) is 3.92. The maximum atomic E-state index is 12.3. The first-order chi connectivity index (χ1) is 10.4. The molecular formula is C16H12F3NO2. The normalized spacial score (nSPS) is 10.9. The average Bonchev–Trinajstić information content (AvgIpc) is 2.46. The Morgan fingerprint density at radius 2 is 1.82 bits per heavy atom. The minimum Gasteiger partial charge on any atom is -0.496 e. The van der Waals surface area contributed by atoms with Crippen LogP contribution < -0.4 is 9.47 Å². The van der Waals surface area contributed by atoms with E-state index in [1.165, 1.54) is 25.3 Å². The first-order valence-electron chi connectivity index (χ1n) is 6.33. The molecule has 0 saturated heterocycles. The van der Waals surface area contributed by atoms with E-state index < -0.39 is 6.36 Å².